The summed E-state index contributed by atoms with van der Waals surface area (Å²) in [4.78, 5) is 4.71. The Kier molecular flexibility index (Phi) is 6.99. The summed E-state index contributed by atoms with van der Waals surface area (Å²) >= 11 is 3.46. The molecule has 1 heterocycles. The Morgan fingerprint density at radius 1 is 1.06 bits per heavy atom. The average Bonchev–Trinajstić information content (AvgIpc) is 2.53. The van der Waals surface area contributed by atoms with E-state index < -0.39 is 9.84 Å². The summed E-state index contributed by atoms with van der Waals surface area (Å²) in [6, 6.07) is 0. The summed E-state index contributed by atoms with van der Waals surface area (Å²) < 4.78 is 22.9. The van der Waals surface area contributed by atoms with E-state index in [0.29, 0.717) is 12.3 Å². The molecule has 0 aromatic heterocycles. The minimum absolute atomic E-state index is 0.260. The molecule has 0 radical (unpaired) electrons. The summed E-state index contributed by atoms with van der Waals surface area (Å²) in [6.45, 7) is 7.69. The van der Waals surface area contributed by atoms with Crippen molar-refractivity contribution in [3.8, 4) is 0 Å². The van der Waals surface area contributed by atoms with E-state index in [-0.39, 0.29) is 5.75 Å². The Hall–Kier alpha value is 0.350. The number of alkyl halides is 1. The summed E-state index contributed by atoms with van der Waals surface area (Å²) in [5.74, 6) is 0.568. The summed E-state index contributed by atoms with van der Waals surface area (Å²) in [6.07, 6.45) is 1.14. The van der Waals surface area contributed by atoms with E-state index in [9.17, 15) is 8.42 Å². The molecule has 0 bridgehead atoms. The van der Waals surface area contributed by atoms with Crippen molar-refractivity contribution in [2.24, 2.45) is 0 Å². The highest BCUT2D eigenvalue weighted by molar-refractivity contribution is 9.09. The van der Waals surface area contributed by atoms with Gasteiger partial charge in [0, 0.05) is 37.3 Å². The largest absolute Gasteiger partial charge is 0.301 e. The van der Waals surface area contributed by atoms with Crippen molar-refractivity contribution < 1.29 is 8.42 Å². The van der Waals surface area contributed by atoms with E-state index in [0.717, 1.165) is 44.5 Å². The van der Waals surface area contributed by atoms with Gasteiger partial charge in [0.1, 0.15) is 0 Å². The van der Waals surface area contributed by atoms with Gasteiger partial charge in [0.15, 0.2) is 9.84 Å². The maximum atomic E-state index is 11.5. The molecule has 4 nitrogen and oxygen atoms in total. The van der Waals surface area contributed by atoms with Gasteiger partial charge in [0.2, 0.25) is 0 Å². The van der Waals surface area contributed by atoms with Crippen LogP contribution in [0.15, 0.2) is 0 Å². The molecule has 6 heteroatoms. The van der Waals surface area contributed by atoms with Gasteiger partial charge in [0.05, 0.1) is 5.75 Å². The van der Waals surface area contributed by atoms with Crippen LogP contribution in [0.2, 0.25) is 0 Å². The Labute approximate surface area is 113 Å². The topological polar surface area (TPSA) is 40.6 Å². The average molecular weight is 327 g/mol. The zero-order chi connectivity index (χ0) is 12.7. The molecule has 0 aromatic rings. The quantitative estimate of drug-likeness (QED) is 0.678. The maximum absolute atomic E-state index is 11.5. The van der Waals surface area contributed by atoms with Crippen molar-refractivity contribution in [3.05, 3.63) is 0 Å². The van der Waals surface area contributed by atoms with Crippen LogP contribution in [0.5, 0.6) is 0 Å². The van der Waals surface area contributed by atoms with Crippen LogP contribution < -0.4 is 0 Å². The molecule has 0 atom stereocenters. The van der Waals surface area contributed by atoms with Gasteiger partial charge < -0.3 is 9.80 Å². The van der Waals surface area contributed by atoms with E-state index in [2.05, 4.69) is 25.7 Å². The smallest absolute Gasteiger partial charge is 0.151 e. The highest BCUT2D eigenvalue weighted by atomic mass is 79.9. The van der Waals surface area contributed by atoms with E-state index in [1.54, 1.807) is 6.92 Å². The van der Waals surface area contributed by atoms with Crippen LogP contribution in [0, 0.1) is 0 Å². The first-order valence-electron chi connectivity index (χ1n) is 6.28. The van der Waals surface area contributed by atoms with Gasteiger partial charge in [-0.15, -0.1) is 0 Å². The number of sulfone groups is 1. The van der Waals surface area contributed by atoms with E-state index in [1.165, 1.54) is 0 Å². The van der Waals surface area contributed by atoms with Gasteiger partial charge in [-0.1, -0.05) is 22.9 Å². The number of halogens is 1. The fourth-order valence-electron chi connectivity index (χ4n) is 2.00. The van der Waals surface area contributed by atoms with E-state index in [4.69, 9.17) is 0 Å². The zero-order valence-electron chi connectivity index (χ0n) is 10.6. The van der Waals surface area contributed by atoms with Gasteiger partial charge in [0.25, 0.3) is 0 Å². The number of hydrogen-bond donors (Lipinski definition) is 0. The molecule has 17 heavy (non-hydrogen) atoms. The number of nitrogens with zero attached hydrogens (tertiary/aromatic N) is 2. The normalized spacial score (nSPS) is 20.4. The van der Waals surface area contributed by atoms with Crippen molar-refractivity contribution in [3.63, 3.8) is 0 Å². The van der Waals surface area contributed by atoms with Crippen LogP contribution >= 0.6 is 15.9 Å². The van der Waals surface area contributed by atoms with Crippen molar-refractivity contribution >= 4 is 25.8 Å². The van der Waals surface area contributed by atoms with Gasteiger partial charge in [-0.3, -0.25) is 0 Å². The summed E-state index contributed by atoms with van der Waals surface area (Å²) in [5.41, 5.74) is 0. The Bertz CT molecular complexity index is 309. The third-order valence-electron chi connectivity index (χ3n) is 3.24. The number of rotatable bonds is 6. The van der Waals surface area contributed by atoms with Crippen LogP contribution in [0.4, 0.5) is 0 Å². The minimum Gasteiger partial charge on any atom is -0.301 e. The lowest BCUT2D eigenvalue weighted by Crippen LogP contribution is -2.34. The van der Waals surface area contributed by atoms with Crippen LogP contribution in [-0.4, -0.2) is 74.3 Å². The van der Waals surface area contributed by atoms with E-state index in [1.807, 2.05) is 0 Å². The fraction of sp³-hybridized carbons (Fsp3) is 1.00. The molecule has 0 aromatic carbocycles. The Morgan fingerprint density at radius 2 is 1.65 bits per heavy atom. The molecule has 0 unspecified atom stereocenters. The van der Waals surface area contributed by atoms with Gasteiger partial charge in [-0.25, -0.2) is 8.42 Å². The first-order valence-corrected chi connectivity index (χ1v) is 9.23. The fourth-order valence-corrected chi connectivity index (χ4v) is 3.33. The number of hydrogen-bond acceptors (Lipinski definition) is 4. The second-order valence-corrected chi connectivity index (χ2v) is 7.73. The molecule has 0 amide bonds. The molecule has 1 rings (SSSR count). The van der Waals surface area contributed by atoms with Gasteiger partial charge in [-0.05, 0) is 19.5 Å². The van der Waals surface area contributed by atoms with Crippen molar-refractivity contribution in [2.45, 2.75) is 13.3 Å². The second kappa shape index (κ2) is 7.71. The molecule has 102 valence electrons. The molecule has 1 saturated heterocycles. The molecule has 0 spiro atoms. The predicted molar refractivity (Wildman–Crippen MR) is 75.6 cm³/mol. The molecular formula is C11H23BrN2O2S. The predicted octanol–water partition coefficient (Wildman–Crippen LogP) is 0.824. The second-order valence-electron chi connectivity index (χ2n) is 4.46. The lowest BCUT2D eigenvalue weighted by atomic mass is 10.4. The first-order chi connectivity index (χ1) is 8.07. The lowest BCUT2D eigenvalue weighted by molar-refractivity contribution is 0.273. The van der Waals surface area contributed by atoms with Crippen molar-refractivity contribution in [1.82, 2.24) is 9.80 Å². The van der Waals surface area contributed by atoms with Crippen LogP contribution in [0.3, 0.4) is 0 Å². The van der Waals surface area contributed by atoms with Crippen LogP contribution in [0.25, 0.3) is 0 Å². The molecule has 0 N–H and O–H groups in total. The van der Waals surface area contributed by atoms with Crippen molar-refractivity contribution in [1.29, 1.82) is 0 Å². The van der Waals surface area contributed by atoms with Gasteiger partial charge in [-0.2, -0.15) is 0 Å². The van der Waals surface area contributed by atoms with Gasteiger partial charge >= 0.3 is 0 Å². The highest BCUT2D eigenvalue weighted by Crippen LogP contribution is 2.04. The lowest BCUT2D eigenvalue weighted by Gasteiger charge is -2.20. The standard InChI is InChI=1S/C11H23BrN2O2S/c1-2-17(15,16)11-10-14-6-3-5-13(7-4-12)8-9-14/h2-11H2,1H3. The van der Waals surface area contributed by atoms with Crippen LogP contribution in [-0.2, 0) is 9.84 Å². The van der Waals surface area contributed by atoms with Crippen molar-refractivity contribution in [2.75, 3.05) is 56.1 Å². The molecular weight excluding hydrogens is 304 g/mol. The summed E-state index contributed by atoms with van der Waals surface area (Å²) in [7, 11) is -2.82. The third kappa shape index (κ3) is 6.18. The summed E-state index contributed by atoms with van der Waals surface area (Å²) in [5, 5.41) is 1.01. The maximum Gasteiger partial charge on any atom is 0.151 e. The molecule has 0 saturated carbocycles. The molecule has 1 aliphatic heterocycles. The first kappa shape index (κ1) is 15.4. The zero-order valence-corrected chi connectivity index (χ0v) is 13.0. The Morgan fingerprint density at radius 3 is 2.18 bits per heavy atom. The van der Waals surface area contributed by atoms with Crippen LogP contribution in [0.1, 0.15) is 13.3 Å². The monoisotopic (exact) mass is 326 g/mol. The molecule has 0 aliphatic carbocycles. The van der Waals surface area contributed by atoms with E-state index >= 15 is 0 Å². The third-order valence-corrected chi connectivity index (χ3v) is 5.28. The minimum atomic E-state index is -2.82. The SMILES string of the molecule is CCS(=O)(=O)CCN1CCCN(CCBr)CC1. The molecule has 1 fully saturated rings. The Balaban J connectivity index is 2.32. The highest BCUT2D eigenvalue weighted by Gasteiger charge is 2.16. The molecule has 1 aliphatic rings.